The molecule has 0 radical (unpaired) electrons. The van der Waals surface area contributed by atoms with E-state index in [9.17, 15) is 22.8 Å². The summed E-state index contributed by atoms with van der Waals surface area (Å²) in [6, 6.07) is 5.43. The predicted molar refractivity (Wildman–Crippen MR) is 81.2 cm³/mol. The molecular formula is C14H14N2O6S. The molecule has 1 aromatic carbocycles. The number of Topliss-reactive ketones (excluding diaryl/α,β-unsaturated/α-hetero) is 1. The van der Waals surface area contributed by atoms with Crippen LogP contribution in [0.5, 0.6) is 5.75 Å². The lowest BCUT2D eigenvalue weighted by atomic mass is 10.1. The van der Waals surface area contributed by atoms with Crippen LogP contribution >= 0.6 is 0 Å². The molecular weight excluding hydrogens is 324 g/mol. The van der Waals surface area contributed by atoms with Gasteiger partial charge in [0, 0.05) is 25.9 Å². The summed E-state index contributed by atoms with van der Waals surface area (Å²) in [4.78, 5) is 34.1. The van der Waals surface area contributed by atoms with Crippen molar-refractivity contribution in [1.29, 1.82) is 0 Å². The maximum atomic E-state index is 12.2. The minimum Gasteiger partial charge on any atom is -0.379 e. The van der Waals surface area contributed by atoms with Gasteiger partial charge in [-0.1, -0.05) is 0 Å². The first-order chi connectivity index (χ1) is 10.6. The fourth-order valence-electron chi connectivity index (χ4n) is 1.86. The van der Waals surface area contributed by atoms with Gasteiger partial charge in [0.2, 0.25) is 0 Å². The van der Waals surface area contributed by atoms with Gasteiger partial charge >= 0.3 is 15.8 Å². The van der Waals surface area contributed by atoms with Crippen LogP contribution in [0.4, 0.5) is 0 Å². The maximum Gasteiger partial charge on any atom is 0.346 e. The Morgan fingerprint density at radius 1 is 1.09 bits per heavy atom. The summed E-state index contributed by atoms with van der Waals surface area (Å²) in [5.74, 6) is -0.225. The number of hydrogen-bond donors (Lipinski definition) is 0. The SMILES string of the molecule is CC(=O)c1ccc(OS(=O)(=O)c2cn(C)c(=O)n(C)c2=O)cc1. The molecule has 2 rings (SSSR count). The smallest absolute Gasteiger partial charge is 0.346 e. The van der Waals surface area contributed by atoms with Crippen LogP contribution in [0.15, 0.2) is 44.9 Å². The molecule has 0 N–H and O–H groups in total. The third kappa shape index (κ3) is 3.24. The van der Waals surface area contributed by atoms with Crippen LogP contribution in [-0.2, 0) is 24.2 Å². The Hall–Kier alpha value is -2.68. The highest BCUT2D eigenvalue weighted by Crippen LogP contribution is 2.17. The van der Waals surface area contributed by atoms with Gasteiger partial charge in [-0.15, -0.1) is 0 Å². The summed E-state index contributed by atoms with van der Waals surface area (Å²) in [6.07, 6.45) is 0.907. The Labute approximate surface area is 131 Å². The summed E-state index contributed by atoms with van der Waals surface area (Å²) in [6.45, 7) is 1.38. The van der Waals surface area contributed by atoms with Crippen LogP contribution < -0.4 is 15.4 Å². The van der Waals surface area contributed by atoms with Crippen molar-refractivity contribution in [3.63, 3.8) is 0 Å². The van der Waals surface area contributed by atoms with Crippen molar-refractivity contribution >= 4 is 15.9 Å². The summed E-state index contributed by atoms with van der Waals surface area (Å²) in [7, 11) is -1.92. The second kappa shape index (κ2) is 5.84. The lowest BCUT2D eigenvalue weighted by Crippen LogP contribution is -2.39. The number of carbonyl (C=O) groups is 1. The minimum absolute atomic E-state index is 0.0501. The molecule has 0 spiro atoms. The average Bonchev–Trinajstić information content (AvgIpc) is 2.48. The Kier molecular flexibility index (Phi) is 4.24. The Morgan fingerprint density at radius 2 is 1.65 bits per heavy atom. The molecule has 1 aromatic heterocycles. The van der Waals surface area contributed by atoms with Gasteiger partial charge in [-0.2, -0.15) is 8.42 Å². The van der Waals surface area contributed by atoms with Crippen molar-refractivity contribution in [1.82, 2.24) is 9.13 Å². The molecule has 0 amide bonds. The van der Waals surface area contributed by atoms with Gasteiger partial charge in [-0.3, -0.25) is 14.2 Å². The number of rotatable bonds is 4. The van der Waals surface area contributed by atoms with Crippen molar-refractivity contribution in [3.8, 4) is 5.75 Å². The number of aromatic nitrogens is 2. The summed E-state index contributed by atoms with van der Waals surface area (Å²) >= 11 is 0. The molecule has 0 saturated carbocycles. The Morgan fingerprint density at radius 3 is 2.17 bits per heavy atom. The quantitative estimate of drug-likeness (QED) is 0.576. The number of ketones is 1. The molecule has 0 fully saturated rings. The Balaban J connectivity index is 2.46. The van der Waals surface area contributed by atoms with Gasteiger partial charge in [0.05, 0.1) is 0 Å². The second-order valence-corrected chi connectivity index (χ2v) is 6.38. The fourth-order valence-corrected chi connectivity index (χ4v) is 2.96. The predicted octanol–water partition coefficient (Wildman–Crippen LogP) is 0.0543. The highest BCUT2D eigenvalue weighted by molar-refractivity contribution is 7.87. The molecule has 9 heteroatoms. The second-order valence-electron chi connectivity index (χ2n) is 4.87. The van der Waals surface area contributed by atoms with Gasteiger partial charge in [0.25, 0.3) is 5.56 Å². The number of nitrogens with zero attached hydrogens (tertiary/aromatic N) is 2. The normalized spacial score (nSPS) is 11.3. The van der Waals surface area contributed by atoms with E-state index in [1.54, 1.807) is 0 Å². The monoisotopic (exact) mass is 338 g/mol. The highest BCUT2D eigenvalue weighted by Gasteiger charge is 2.23. The van der Waals surface area contributed by atoms with Gasteiger partial charge in [-0.05, 0) is 31.2 Å². The molecule has 8 nitrogen and oxygen atoms in total. The number of aryl methyl sites for hydroxylation is 1. The third-order valence-corrected chi connectivity index (χ3v) is 4.38. The number of hydrogen-bond acceptors (Lipinski definition) is 6. The summed E-state index contributed by atoms with van der Waals surface area (Å²) in [5.41, 5.74) is -1.24. The summed E-state index contributed by atoms with van der Waals surface area (Å²) < 4.78 is 31.0. The largest absolute Gasteiger partial charge is 0.379 e. The van der Waals surface area contributed by atoms with Gasteiger partial charge in [-0.25, -0.2) is 4.79 Å². The van der Waals surface area contributed by atoms with E-state index >= 15 is 0 Å². The van der Waals surface area contributed by atoms with E-state index in [2.05, 4.69) is 0 Å². The molecule has 122 valence electrons. The van der Waals surface area contributed by atoms with Crippen molar-refractivity contribution in [2.75, 3.05) is 0 Å². The number of carbonyl (C=O) groups excluding carboxylic acids is 1. The van der Waals surface area contributed by atoms with E-state index in [1.165, 1.54) is 45.3 Å². The molecule has 0 unspecified atom stereocenters. The van der Waals surface area contributed by atoms with Gasteiger partial charge < -0.3 is 8.75 Å². The minimum atomic E-state index is -4.42. The van der Waals surface area contributed by atoms with Crippen LogP contribution in [0.1, 0.15) is 17.3 Å². The van der Waals surface area contributed by atoms with Crippen molar-refractivity contribution in [3.05, 3.63) is 56.9 Å². The molecule has 0 saturated heterocycles. The van der Waals surface area contributed by atoms with Crippen LogP contribution in [0.3, 0.4) is 0 Å². The zero-order chi connectivity index (χ0) is 17.4. The summed E-state index contributed by atoms with van der Waals surface area (Å²) in [5, 5.41) is 0. The standard InChI is InChI=1S/C14H14N2O6S/c1-9(17)10-4-6-11(7-5-10)22-23(20,21)12-8-15(2)14(19)16(3)13(12)18/h4-8H,1-3H3. The molecule has 2 aromatic rings. The molecule has 0 aliphatic heterocycles. The third-order valence-electron chi connectivity index (χ3n) is 3.15. The number of benzene rings is 1. The lowest BCUT2D eigenvalue weighted by Gasteiger charge is -2.09. The first-order valence-corrected chi connectivity index (χ1v) is 7.86. The van der Waals surface area contributed by atoms with E-state index in [0.717, 1.165) is 10.8 Å². The molecule has 23 heavy (non-hydrogen) atoms. The van der Waals surface area contributed by atoms with E-state index < -0.39 is 26.3 Å². The van der Waals surface area contributed by atoms with Gasteiger partial charge in [0.15, 0.2) is 10.7 Å². The van der Waals surface area contributed by atoms with Crippen LogP contribution in [0.25, 0.3) is 0 Å². The fraction of sp³-hybridized carbons (Fsp3) is 0.214. The Bertz CT molecular complexity index is 983. The van der Waals surface area contributed by atoms with Crippen LogP contribution in [0, 0.1) is 0 Å². The lowest BCUT2D eigenvalue weighted by molar-refractivity contribution is 0.101. The van der Waals surface area contributed by atoms with Crippen molar-refractivity contribution in [2.24, 2.45) is 14.1 Å². The first-order valence-electron chi connectivity index (χ1n) is 6.45. The molecule has 0 atom stereocenters. The van der Waals surface area contributed by atoms with E-state index in [0.29, 0.717) is 10.1 Å². The zero-order valence-electron chi connectivity index (χ0n) is 12.6. The molecule has 1 heterocycles. The van der Waals surface area contributed by atoms with E-state index in [1.807, 2.05) is 0 Å². The molecule has 0 aliphatic carbocycles. The highest BCUT2D eigenvalue weighted by atomic mass is 32.2. The zero-order valence-corrected chi connectivity index (χ0v) is 13.5. The first kappa shape index (κ1) is 16.7. The van der Waals surface area contributed by atoms with Crippen molar-refractivity contribution in [2.45, 2.75) is 11.8 Å². The van der Waals surface area contributed by atoms with Crippen molar-refractivity contribution < 1.29 is 17.4 Å². The topological polar surface area (TPSA) is 104 Å². The average molecular weight is 338 g/mol. The van der Waals surface area contributed by atoms with Crippen LogP contribution in [0.2, 0.25) is 0 Å². The van der Waals surface area contributed by atoms with Gasteiger partial charge in [0.1, 0.15) is 5.75 Å². The molecule has 0 aliphatic rings. The van der Waals surface area contributed by atoms with E-state index in [4.69, 9.17) is 4.18 Å². The maximum absolute atomic E-state index is 12.2. The molecule has 0 bridgehead atoms. The van der Waals surface area contributed by atoms with Crippen LogP contribution in [-0.4, -0.2) is 23.3 Å². The van der Waals surface area contributed by atoms with E-state index in [-0.39, 0.29) is 11.5 Å².